The lowest BCUT2D eigenvalue weighted by molar-refractivity contribution is 0.147. The van der Waals surface area contributed by atoms with Gasteiger partial charge in [-0.2, -0.15) is 5.26 Å². The lowest BCUT2D eigenvalue weighted by atomic mass is 9.76. The zero-order valence-electron chi connectivity index (χ0n) is 54.8. The van der Waals surface area contributed by atoms with Gasteiger partial charge < -0.3 is 14.5 Å². The summed E-state index contributed by atoms with van der Waals surface area (Å²) >= 11 is 26.1. The molecular formula is C75H91Cl4N7O2. The molecule has 1 aliphatic carbocycles. The van der Waals surface area contributed by atoms with Crippen LogP contribution in [0.3, 0.4) is 0 Å². The van der Waals surface area contributed by atoms with Crippen molar-refractivity contribution in [2.75, 3.05) is 13.2 Å². The maximum Gasteiger partial charge on any atom is 0.218 e. The van der Waals surface area contributed by atoms with Crippen LogP contribution in [-0.4, -0.2) is 38.1 Å². The lowest BCUT2D eigenvalue weighted by Gasteiger charge is -2.31. The van der Waals surface area contributed by atoms with Crippen LogP contribution in [0.15, 0.2) is 85.2 Å². The number of hydrogen-bond acceptors (Lipinski definition) is 7. The standard InChI is InChI=1S/C75H91Cl4N7O2/c1-44(35-72(5,6)7)18-20-50(46(3)37-74(11,12)13)42-87-52-26-22-48(23-27-52)54-30-55(70(81-17)66-41-83-62-32-58(77)60(79)34-64(62)85-66)68-67(54)71(56(39-80)65-40-82-61-31-57(76)59(78)33-63(61)84-65)86-69(68)49-24-28-53(29-25-49)88-43-51(47(4)38-75(14,15)16)21-19-45(2)36-73(8,9)10/h22-29,31-34,40-41,44-47,50-51,86H,18-21,30,35-38,42-43H2,1-16H3/b70-55-,71-56-. The average molecular weight is 1260 g/mol. The fourth-order valence-corrected chi connectivity index (χ4v) is 14.2. The quantitative estimate of drug-likeness (QED) is 0.0672. The van der Waals surface area contributed by atoms with Crippen LogP contribution in [0.1, 0.15) is 191 Å². The number of nitrogens with one attached hydrogen (secondary N) is 1. The molecule has 8 rings (SSSR count). The first-order valence-electron chi connectivity index (χ1n) is 31.5. The topological polar surface area (TPSA) is 114 Å². The van der Waals surface area contributed by atoms with Gasteiger partial charge in [0.25, 0.3) is 0 Å². The van der Waals surface area contributed by atoms with Crippen LogP contribution in [0.5, 0.6) is 11.5 Å². The molecule has 466 valence electrons. The Morgan fingerprint density at radius 3 is 1.41 bits per heavy atom. The molecule has 3 heterocycles. The Bertz CT molecular complexity index is 3880. The second-order valence-corrected chi connectivity index (χ2v) is 31.9. The van der Waals surface area contributed by atoms with Crippen molar-refractivity contribution >= 4 is 90.9 Å². The molecule has 0 saturated heterocycles. The van der Waals surface area contributed by atoms with E-state index in [1.54, 1.807) is 36.7 Å². The number of fused-ring (bicyclic) bond motifs is 3. The molecular weight excluding hydrogens is 1170 g/mol. The summed E-state index contributed by atoms with van der Waals surface area (Å²) in [6, 6.07) is 25.6. The van der Waals surface area contributed by atoms with E-state index in [1.165, 1.54) is 12.8 Å². The van der Waals surface area contributed by atoms with Gasteiger partial charge in [0.2, 0.25) is 5.70 Å². The van der Waals surface area contributed by atoms with Crippen LogP contribution in [0, 0.1) is 75.1 Å². The Hall–Kier alpha value is -5.94. The lowest BCUT2D eigenvalue weighted by Crippen LogP contribution is -2.28. The number of aromatic amines is 1. The van der Waals surface area contributed by atoms with E-state index in [4.69, 9.17) is 82.4 Å². The van der Waals surface area contributed by atoms with Crippen LogP contribution < -0.4 is 20.0 Å². The summed E-state index contributed by atoms with van der Waals surface area (Å²) in [4.78, 5) is 27.6. The molecule has 9 nitrogen and oxygen atoms in total. The molecule has 7 aromatic rings. The molecule has 0 radical (unpaired) electrons. The Morgan fingerprint density at radius 2 is 0.989 bits per heavy atom. The number of ether oxygens (including phenoxy) is 2. The van der Waals surface area contributed by atoms with Gasteiger partial charge in [0.15, 0.2) is 0 Å². The highest BCUT2D eigenvalue weighted by Crippen LogP contribution is 2.43. The Morgan fingerprint density at radius 1 is 0.580 bits per heavy atom. The number of halogens is 4. The van der Waals surface area contributed by atoms with Gasteiger partial charge >= 0.3 is 0 Å². The van der Waals surface area contributed by atoms with Gasteiger partial charge in [-0.1, -0.05) is 182 Å². The van der Waals surface area contributed by atoms with E-state index in [1.807, 2.05) is 24.3 Å². The smallest absolute Gasteiger partial charge is 0.218 e. The second-order valence-electron chi connectivity index (χ2n) is 30.3. The summed E-state index contributed by atoms with van der Waals surface area (Å²) in [6.07, 6.45) is 12.6. The molecule has 0 amide bonds. The maximum atomic E-state index is 11.5. The number of nitriles is 1. The van der Waals surface area contributed by atoms with Gasteiger partial charge in [-0.05, 0) is 185 Å². The first-order valence-corrected chi connectivity index (χ1v) is 33.0. The van der Waals surface area contributed by atoms with Crippen molar-refractivity contribution in [3.63, 3.8) is 0 Å². The summed E-state index contributed by atoms with van der Waals surface area (Å²) in [5.41, 5.74) is 9.05. The fraction of sp³-hybridized carbons (Fsp3) is 0.493. The molecule has 0 spiro atoms. The number of H-pyrrole nitrogens is 1. The number of benzene rings is 4. The zero-order valence-corrected chi connectivity index (χ0v) is 57.9. The molecule has 4 aromatic carbocycles. The predicted octanol–water partition coefficient (Wildman–Crippen LogP) is 21.1. The highest BCUT2D eigenvalue weighted by molar-refractivity contribution is 6.43. The molecule has 3 aromatic heterocycles. The normalized spacial score (nSPS) is 16.1. The largest absolute Gasteiger partial charge is 0.493 e. The van der Waals surface area contributed by atoms with Crippen LogP contribution in [0.25, 0.3) is 60.6 Å². The van der Waals surface area contributed by atoms with E-state index in [2.05, 4.69) is 151 Å². The van der Waals surface area contributed by atoms with Crippen molar-refractivity contribution in [1.82, 2.24) is 24.9 Å². The van der Waals surface area contributed by atoms with E-state index in [0.717, 1.165) is 77.5 Å². The maximum absolute atomic E-state index is 11.5. The third-order valence-electron chi connectivity index (χ3n) is 17.1. The third-order valence-corrected chi connectivity index (χ3v) is 18.6. The zero-order chi connectivity index (χ0) is 64.2. The SMILES string of the molecule is [C-]#[N+]/C(=C1/CC(c2ccc(OCC(CCC(C)CC(C)(C)C)C(C)CC(C)(C)C)cc2)=c2c1c(-c1ccc(OCC(CCC(C)CC(C)(C)C)C(C)CC(C)(C)C)cc1)[nH]/c2=C(/C#N)c1cnc2cc(Cl)c(Cl)cc2n1)c1cnc2cc(Cl)c(Cl)cc2n1. The number of allylic oxidation sites excluding steroid dienone is 1. The van der Waals surface area contributed by atoms with Gasteiger partial charge in [-0.25, -0.2) is 9.83 Å². The Balaban J connectivity index is 1.28. The summed E-state index contributed by atoms with van der Waals surface area (Å²) in [5.74, 6) is 4.45. The third kappa shape index (κ3) is 17.7. The van der Waals surface area contributed by atoms with Crippen LogP contribution in [-0.2, 0) is 0 Å². The molecule has 1 N–H and O–H groups in total. The second kappa shape index (κ2) is 28.1. The summed E-state index contributed by atoms with van der Waals surface area (Å²) in [7, 11) is 0. The van der Waals surface area contributed by atoms with Crippen LogP contribution >= 0.6 is 46.4 Å². The predicted molar refractivity (Wildman–Crippen MR) is 369 cm³/mol. The van der Waals surface area contributed by atoms with E-state index in [9.17, 15) is 5.26 Å². The van der Waals surface area contributed by atoms with Crippen molar-refractivity contribution in [1.29, 1.82) is 5.26 Å². The molecule has 88 heavy (non-hydrogen) atoms. The highest BCUT2D eigenvalue weighted by atomic mass is 35.5. The van der Waals surface area contributed by atoms with E-state index >= 15 is 0 Å². The van der Waals surface area contributed by atoms with Crippen LogP contribution in [0.4, 0.5) is 0 Å². The number of hydrogen-bond donors (Lipinski definition) is 1. The van der Waals surface area contributed by atoms with Gasteiger partial charge in [0.05, 0.1) is 84.9 Å². The molecule has 0 saturated carbocycles. The molecule has 13 heteroatoms. The molecule has 0 bridgehead atoms. The summed E-state index contributed by atoms with van der Waals surface area (Å²) < 4.78 is 13.6. The fourth-order valence-electron chi connectivity index (χ4n) is 13.6. The van der Waals surface area contributed by atoms with Crippen molar-refractivity contribution in [2.45, 2.75) is 169 Å². The van der Waals surface area contributed by atoms with Crippen LogP contribution in [0.2, 0.25) is 20.1 Å². The van der Waals surface area contributed by atoms with E-state index in [0.29, 0.717) is 131 Å². The molecule has 0 fully saturated rings. The molecule has 6 atom stereocenters. The number of nitrogens with zero attached hydrogens (tertiary/aromatic N) is 6. The number of aromatic nitrogens is 5. The molecule has 6 unspecified atom stereocenters. The Labute approximate surface area is 544 Å². The average Bonchev–Trinajstić information content (AvgIpc) is 1.57. The van der Waals surface area contributed by atoms with Gasteiger partial charge in [-0.15, -0.1) is 0 Å². The minimum Gasteiger partial charge on any atom is -0.493 e. The summed E-state index contributed by atoms with van der Waals surface area (Å²) in [5, 5.41) is 14.1. The highest BCUT2D eigenvalue weighted by Gasteiger charge is 2.32. The van der Waals surface area contributed by atoms with Crippen molar-refractivity contribution < 1.29 is 9.47 Å². The van der Waals surface area contributed by atoms with Gasteiger partial charge in [0, 0.05) is 17.0 Å². The van der Waals surface area contributed by atoms with E-state index < -0.39 is 0 Å². The minimum absolute atomic E-state index is 0.189. The first-order chi connectivity index (χ1) is 41.3. The van der Waals surface area contributed by atoms with Crippen molar-refractivity contribution in [3.8, 4) is 28.8 Å². The number of rotatable bonds is 22. The minimum atomic E-state index is 0.189. The molecule has 0 aliphatic heterocycles. The monoisotopic (exact) mass is 1260 g/mol. The van der Waals surface area contributed by atoms with E-state index in [-0.39, 0.29) is 27.2 Å². The first kappa shape index (κ1) is 68.0. The van der Waals surface area contributed by atoms with Crippen molar-refractivity contribution in [2.24, 2.45) is 57.2 Å². The Kier molecular flexibility index (Phi) is 21.7. The summed E-state index contributed by atoms with van der Waals surface area (Å²) in [6.45, 7) is 47.6. The van der Waals surface area contributed by atoms with Gasteiger partial charge in [0.1, 0.15) is 28.8 Å². The van der Waals surface area contributed by atoms with Gasteiger partial charge in [-0.3, -0.25) is 15.0 Å². The molecule has 1 aliphatic rings. The van der Waals surface area contributed by atoms with Crippen molar-refractivity contribution in [3.05, 3.63) is 150 Å².